The summed E-state index contributed by atoms with van der Waals surface area (Å²) in [5.74, 6) is 0. The third kappa shape index (κ3) is 29.0. The third-order valence-corrected chi connectivity index (χ3v) is 0. The van der Waals surface area contributed by atoms with Crippen LogP contribution in [0.4, 0.5) is 0 Å². The van der Waals surface area contributed by atoms with Gasteiger partial charge in [0.05, 0.1) is 0 Å². The fraction of sp³-hybridized carbons (Fsp3) is 0. The van der Waals surface area contributed by atoms with Crippen LogP contribution in [0.25, 0.3) is 0 Å². The summed E-state index contributed by atoms with van der Waals surface area (Å²) in [5, 5.41) is 0. The molecule has 0 aliphatic carbocycles. The first-order chi connectivity index (χ1) is 0. The number of hydrogen-bond acceptors (Lipinski definition) is 0. The SMILES string of the molecule is [F-].[F-].[F-].[Mg+2].[Na+]. The van der Waals surface area contributed by atoms with Crippen molar-refractivity contribution in [1.29, 1.82) is 0 Å². The standard InChI is InChI=1S/3FH.Mg.Na/h3*1H;;/q;;;+2;+1/p-3. The summed E-state index contributed by atoms with van der Waals surface area (Å²) in [6.07, 6.45) is 0. The van der Waals surface area contributed by atoms with Crippen molar-refractivity contribution in [2.75, 3.05) is 0 Å². The van der Waals surface area contributed by atoms with Crippen molar-refractivity contribution >= 4 is 23.1 Å². The molecule has 0 radical (unpaired) electrons. The Morgan fingerprint density at radius 3 is 0.600 bits per heavy atom. The van der Waals surface area contributed by atoms with Crippen molar-refractivity contribution in [3.05, 3.63) is 0 Å². The third-order valence-electron chi connectivity index (χ3n) is 0. The Kier molecular flexibility index (Phi) is 796. The zero-order valence-electron chi connectivity index (χ0n) is 2.84. The molecule has 0 fully saturated rings. The van der Waals surface area contributed by atoms with E-state index < -0.39 is 0 Å². The monoisotopic (exact) mass is 104 g/mol. The molecule has 0 aliphatic rings. The minimum absolute atomic E-state index is 0. The molecule has 0 aromatic rings. The first-order valence-corrected chi connectivity index (χ1v) is 0. The molecule has 0 aromatic carbocycles. The molecule has 0 aromatic heterocycles. The second-order valence-electron chi connectivity index (χ2n) is 0. The van der Waals surface area contributed by atoms with Gasteiger partial charge < -0.3 is 14.1 Å². The van der Waals surface area contributed by atoms with Gasteiger partial charge in [-0.25, -0.2) is 0 Å². The van der Waals surface area contributed by atoms with Gasteiger partial charge in [0.1, 0.15) is 0 Å². The van der Waals surface area contributed by atoms with Crippen LogP contribution < -0.4 is 43.7 Å². The minimum atomic E-state index is 0. The summed E-state index contributed by atoms with van der Waals surface area (Å²) in [4.78, 5) is 0. The van der Waals surface area contributed by atoms with Crippen LogP contribution in [0, 0.1) is 0 Å². The van der Waals surface area contributed by atoms with Gasteiger partial charge in [0, 0.05) is 0 Å². The Morgan fingerprint density at radius 2 is 0.600 bits per heavy atom. The molecule has 0 aliphatic heterocycles. The Hall–Kier alpha value is 1.56. The van der Waals surface area contributed by atoms with E-state index in [4.69, 9.17) is 0 Å². The van der Waals surface area contributed by atoms with Crippen LogP contribution in [0.1, 0.15) is 0 Å². The smallest absolute Gasteiger partial charge is 1.00 e. The molecule has 0 rings (SSSR count). The molecule has 0 N–H and O–H groups in total. The molecule has 0 spiro atoms. The number of rotatable bonds is 0. The van der Waals surface area contributed by atoms with Gasteiger partial charge in [-0.1, -0.05) is 0 Å². The van der Waals surface area contributed by atoms with E-state index in [1.165, 1.54) is 0 Å². The van der Waals surface area contributed by atoms with Crippen LogP contribution in [0.15, 0.2) is 0 Å². The van der Waals surface area contributed by atoms with Crippen molar-refractivity contribution in [3.8, 4) is 0 Å². The molecule has 0 bridgehead atoms. The van der Waals surface area contributed by atoms with E-state index in [0.29, 0.717) is 0 Å². The van der Waals surface area contributed by atoms with E-state index >= 15 is 0 Å². The Balaban J connectivity index is 0. The van der Waals surface area contributed by atoms with Gasteiger partial charge in [-0.3, -0.25) is 0 Å². The molecule has 5 heteroatoms. The van der Waals surface area contributed by atoms with Crippen molar-refractivity contribution < 1.29 is 43.7 Å². The fourth-order valence-corrected chi connectivity index (χ4v) is 0. The first kappa shape index (κ1) is 83.6. The number of hydrogen-bond donors (Lipinski definition) is 0. The van der Waals surface area contributed by atoms with Gasteiger partial charge in [0.2, 0.25) is 0 Å². The van der Waals surface area contributed by atoms with Crippen molar-refractivity contribution in [1.82, 2.24) is 0 Å². The van der Waals surface area contributed by atoms with E-state index in [1.807, 2.05) is 0 Å². The summed E-state index contributed by atoms with van der Waals surface area (Å²) in [6, 6.07) is 0. The topological polar surface area (TPSA) is 0 Å². The van der Waals surface area contributed by atoms with E-state index in [1.54, 1.807) is 0 Å². The van der Waals surface area contributed by atoms with Crippen LogP contribution >= 0.6 is 0 Å². The van der Waals surface area contributed by atoms with Gasteiger partial charge in [-0.15, -0.1) is 0 Å². The predicted octanol–water partition coefficient (Wildman–Crippen LogP) is -12.4. The summed E-state index contributed by atoms with van der Waals surface area (Å²) in [5.41, 5.74) is 0. The quantitative estimate of drug-likeness (QED) is 0.268. The molecule has 5 heavy (non-hydrogen) atoms. The first-order valence-electron chi connectivity index (χ1n) is 0. The molecule has 0 amide bonds. The maximum absolute atomic E-state index is 0. The second kappa shape index (κ2) is 47.6. The molecular weight excluding hydrogens is 104 g/mol. The molecule has 0 unspecified atom stereocenters. The van der Waals surface area contributed by atoms with E-state index in [2.05, 4.69) is 0 Å². The van der Waals surface area contributed by atoms with Gasteiger partial charge in [-0.05, 0) is 0 Å². The van der Waals surface area contributed by atoms with E-state index in [-0.39, 0.29) is 66.7 Å². The Labute approximate surface area is 66.2 Å². The zero-order valence-corrected chi connectivity index (χ0v) is 6.26. The maximum Gasteiger partial charge on any atom is 2.00 e. The maximum atomic E-state index is 0. The van der Waals surface area contributed by atoms with Crippen LogP contribution in [0.5, 0.6) is 0 Å². The fourth-order valence-electron chi connectivity index (χ4n) is 0. The molecule has 0 heterocycles. The van der Waals surface area contributed by atoms with Crippen molar-refractivity contribution in [3.63, 3.8) is 0 Å². The molecule has 0 atom stereocenters. The largest absolute Gasteiger partial charge is 2.00 e. The average molecular weight is 104 g/mol. The van der Waals surface area contributed by atoms with Crippen LogP contribution in [-0.2, 0) is 0 Å². The Morgan fingerprint density at radius 1 is 0.600 bits per heavy atom. The average Bonchev–Trinajstić information content (AvgIpc) is 0. The molecule has 0 saturated heterocycles. The van der Waals surface area contributed by atoms with Crippen LogP contribution in [0.3, 0.4) is 0 Å². The van der Waals surface area contributed by atoms with Crippen molar-refractivity contribution in [2.45, 2.75) is 0 Å². The summed E-state index contributed by atoms with van der Waals surface area (Å²) >= 11 is 0. The van der Waals surface area contributed by atoms with E-state index in [9.17, 15) is 0 Å². The Bertz CT molecular complexity index is 6.85. The van der Waals surface area contributed by atoms with Crippen molar-refractivity contribution in [2.24, 2.45) is 0 Å². The van der Waals surface area contributed by atoms with Gasteiger partial charge >= 0.3 is 52.6 Å². The summed E-state index contributed by atoms with van der Waals surface area (Å²) in [7, 11) is 0. The van der Waals surface area contributed by atoms with Gasteiger partial charge in [-0.2, -0.15) is 0 Å². The van der Waals surface area contributed by atoms with Crippen LogP contribution in [0.2, 0.25) is 0 Å². The predicted molar refractivity (Wildman–Crippen MR) is 5.75 cm³/mol. The molecule has 0 nitrogen and oxygen atoms in total. The summed E-state index contributed by atoms with van der Waals surface area (Å²) in [6.45, 7) is 0. The van der Waals surface area contributed by atoms with E-state index in [0.717, 1.165) is 0 Å². The minimum Gasteiger partial charge on any atom is -1.00 e. The molecule has 0 saturated carbocycles. The zero-order chi connectivity index (χ0) is 0. The van der Waals surface area contributed by atoms with Gasteiger partial charge in [0.25, 0.3) is 0 Å². The van der Waals surface area contributed by atoms with Crippen LogP contribution in [-0.4, -0.2) is 23.1 Å². The number of halogens is 3. The summed E-state index contributed by atoms with van der Waals surface area (Å²) < 4.78 is 0. The normalized spacial score (nSPS) is 0. The molecular formula is F3MgNa. The van der Waals surface area contributed by atoms with Gasteiger partial charge in [0.15, 0.2) is 0 Å². The second-order valence-corrected chi connectivity index (χ2v) is 0. The molecule has 24 valence electrons.